The van der Waals surface area contributed by atoms with Crippen LogP contribution in [0.3, 0.4) is 0 Å². The third-order valence-electron chi connectivity index (χ3n) is 3.86. The molecule has 1 heterocycles. The molecule has 4 nitrogen and oxygen atoms in total. The molecule has 0 aromatic rings. The van der Waals surface area contributed by atoms with Crippen molar-refractivity contribution in [2.45, 2.75) is 38.1 Å². The number of rotatable bonds is 4. The van der Waals surface area contributed by atoms with Crippen molar-refractivity contribution in [2.24, 2.45) is 11.7 Å². The van der Waals surface area contributed by atoms with Crippen molar-refractivity contribution in [3.05, 3.63) is 0 Å². The Kier molecular flexibility index (Phi) is 4.18. The quantitative estimate of drug-likeness (QED) is 0.725. The van der Waals surface area contributed by atoms with Crippen molar-refractivity contribution < 1.29 is 4.79 Å². The van der Waals surface area contributed by atoms with Crippen molar-refractivity contribution in [2.75, 3.05) is 26.2 Å². The van der Waals surface area contributed by atoms with Crippen LogP contribution < -0.4 is 11.1 Å². The second-order valence-corrected chi connectivity index (χ2v) is 5.04. The van der Waals surface area contributed by atoms with Gasteiger partial charge in [0.15, 0.2) is 0 Å². The van der Waals surface area contributed by atoms with Crippen molar-refractivity contribution in [1.29, 1.82) is 0 Å². The second-order valence-electron chi connectivity index (χ2n) is 5.04. The van der Waals surface area contributed by atoms with E-state index in [9.17, 15) is 4.79 Å². The van der Waals surface area contributed by atoms with Crippen molar-refractivity contribution in [3.8, 4) is 0 Å². The number of piperidine rings is 1. The first kappa shape index (κ1) is 11.9. The Labute approximate surface area is 97.6 Å². The molecule has 1 amide bonds. The van der Waals surface area contributed by atoms with Gasteiger partial charge in [-0.05, 0) is 45.2 Å². The Morgan fingerprint density at radius 2 is 1.94 bits per heavy atom. The van der Waals surface area contributed by atoms with Gasteiger partial charge in [0.2, 0.25) is 5.91 Å². The minimum atomic E-state index is 0.245. The fraction of sp³-hybridized carbons (Fsp3) is 0.917. The zero-order chi connectivity index (χ0) is 11.4. The van der Waals surface area contributed by atoms with E-state index in [2.05, 4.69) is 10.2 Å². The highest BCUT2D eigenvalue weighted by atomic mass is 16.1. The zero-order valence-corrected chi connectivity index (χ0v) is 9.95. The van der Waals surface area contributed by atoms with E-state index in [1.165, 1.54) is 19.3 Å². The number of carbonyl (C=O) groups is 1. The number of amides is 1. The van der Waals surface area contributed by atoms with Crippen LogP contribution in [0, 0.1) is 5.92 Å². The smallest absolute Gasteiger partial charge is 0.223 e. The minimum Gasteiger partial charge on any atom is -0.353 e. The highest BCUT2D eigenvalue weighted by molar-refractivity contribution is 5.79. The third kappa shape index (κ3) is 2.95. The Hall–Kier alpha value is -0.610. The minimum absolute atomic E-state index is 0.245. The number of hydrogen-bond acceptors (Lipinski definition) is 3. The first-order valence-corrected chi connectivity index (χ1v) is 6.52. The summed E-state index contributed by atoms with van der Waals surface area (Å²) in [6.07, 6.45) is 5.63. The number of carbonyl (C=O) groups excluding carboxylic acids is 1. The topological polar surface area (TPSA) is 58.4 Å². The van der Waals surface area contributed by atoms with Crippen LogP contribution in [0.15, 0.2) is 0 Å². The first-order valence-electron chi connectivity index (χ1n) is 6.52. The van der Waals surface area contributed by atoms with Crippen LogP contribution in [0.2, 0.25) is 0 Å². The molecule has 1 aliphatic heterocycles. The van der Waals surface area contributed by atoms with Gasteiger partial charge < -0.3 is 16.0 Å². The molecule has 1 saturated carbocycles. The molecule has 0 atom stereocenters. The van der Waals surface area contributed by atoms with Crippen LogP contribution >= 0.6 is 0 Å². The van der Waals surface area contributed by atoms with E-state index in [-0.39, 0.29) is 11.8 Å². The fourth-order valence-corrected chi connectivity index (χ4v) is 2.47. The lowest BCUT2D eigenvalue weighted by atomic mass is 9.90. The van der Waals surface area contributed by atoms with E-state index < -0.39 is 0 Å². The number of likely N-dealkylation sites (tertiary alicyclic amines) is 1. The van der Waals surface area contributed by atoms with Gasteiger partial charge in [0.25, 0.3) is 0 Å². The largest absolute Gasteiger partial charge is 0.353 e. The summed E-state index contributed by atoms with van der Waals surface area (Å²) >= 11 is 0. The summed E-state index contributed by atoms with van der Waals surface area (Å²) in [4.78, 5) is 14.3. The molecule has 2 aliphatic rings. The first-order chi connectivity index (χ1) is 7.79. The molecule has 0 aromatic carbocycles. The SMILES string of the molecule is NCCN1CCC(C(=O)NC2CCC2)CC1. The van der Waals surface area contributed by atoms with Crippen LogP contribution in [0.5, 0.6) is 0 Å². The number of nitrogens with one attached hydrogen (secondary N) is 1. The van der Waals surface area contributed by atoms with Gasteiger partial charge >= 0.3 is 0 Å². The Balaban J connectivity index is 1.68. The number of hydrogen-bond donors (Lipinski definition) is 2. The highest BCUT2D eigenvalue weighted by Crippen LogP contribution is 2.21. The van der Waals surface area contributed by atoms with Crippen LogP contribution in [-0.4, -0.2) is 43.0 Å². The van der Waals surface area contributed by atoms with Gasteiger partial charge in [0.1, 0.15) is 0 Å². The molecule has 0 unspecified atom stereocenters. The summed E-state index contributed by atoms with van der Waals surface area (Å²) in [5.41, 5.74) is 5.52. The van der Waals surface area contributed by atoms with Gasteiger partial charge in [0, 0.05) is 25.0 Å². The van der Waals surface area contributed by atoms with Gasteiger partial charge in [0.05, 0.1) is 0 Å². The lowest BCUT2D eigenvalue weighted by molar-refractivity contribution is -0.127. The molecule has 4 heteroatoms. The molecule has 3 N–H and O–H groups in total. The van der Waals surface area contributed by atoms with E-state index >= 15 is 0 Å². The summed E-state index contributed by atoms with van der Waals surface area (Å²) in [7, 11) is 0. The number of nitrogens with two attached hydrogens (primary N) is 1. The van der Waals surface area contributed by atoms with E-state index in [0.29, 0.717) is 6.04 Å². The molecule has 0 radical (unpaired) electrons. The third-order valence-corrected chi connectivity index (χ3v) is 3.86. The maximum atomic E-state index is 11.9. The molecule has 2 fully saturated rings. The molecule has 0 spiro atoms. The van der Waals surface area contributed by atoms with Crippen LogP contribution in [0.1, 0.15) is 32.1 Å². The standard InChI is InChI=1S/C12H23N3O/c13-6-9-15-7-4-10(5-8-15)12(16)14-11-2-1-3-11/h10-11H,1-9,13H2,(H,14,16). The van der Waals surface area contributed by atoms with E-state index in [0.717, 1.165) is 39.0 Å². The van der Waals surface area contributed by atoms with Gasteiger partial charge in [-0.3, -0.25) is 4.79 Å². The van der Waals surface area contributed by atoms with Crippen molar-refractivity contribution in [1.82, 2.24) is 10.2 Å². The molecule has 0 bridgehead atoms. The normalized spacial score (nSPS) is 24.1. The molecular formula is C12H23N3O. The summed E-state index contributed by atoms with van der Waals surface area (Å²) in [6, 6.07) is 0.481. The highest BCUT2D eigenvalue weighted by Gasteiger charge is 2.27. The van der Waals surface area contributed by atoms with E-state index in [1.54, 1.807) is 0 Å². The fourth-order valence-electron chi connectivity index (χ4n) is 2.47. The lowest BCUT2D eigenvalue weighted by Crippen LogP contribution is -2.46. The van der Waals surface area contributed by atoms with Gasteiger partial charge in [-0.2, -0.15) is 0 Å². The van der Waals surface area contributed by atoms with E-state index in [1.807, 2.05) is 0 Å². The predicted octanol–water partition coefficient (Wildman–Crippen LogP) is 0.326. The Morgan fingerprint density at radius 3 is 2.44 bits per heavy atom. The Bertz CT molecular complexity index is 232. The van der Waals surface area contributed by atoms with Crippen molar-refractivity contribution >= 4 is 5.91 Å². The maximum Gasteiger partial charge on any atom is 0.223 e. The average molecular weight is 225 g/mol. The monoisotopic (exact) mass is 225 g/mol. The summed E-state index contributed by atoms with van der Waals surface area (Å²) in [6.45, 7) is 3.75. The summed E-state index contributed by atoms with van der Waals surface area (Å²) in [5, 5.41) is 3.15. The van der Waals surface area contributed by atoms with E-state index in [4.69, 9.17) is 5.73 Å². The molecular weight excluding hydrogens is 202 g/mol. The molecule has 92 valence electrons. The molecule has 16 heavy (non-hydrogen) atoms. The predicted molar refractivity (Wildman–Crippen MR) is 64.0 cm³/mol. The molecule has 1 saturated heterocycles. The average Bonchev–Trinajstić information content (AvgIpc) is 2.25. The molecule has 2 rings (SSSR count). The second kappa shape index (κ2) is 5.64. The van der Waals surface area contributed by atoms with Crippen LogP contribution in [0.4, 0.5) is 0 Å². The summed E-state index contributed by atoms with van der Waals surface area (Å²) in [5.74, 6) is 0.534. The maximum absolute atomic E-state index is 11.9. The number of nitrogens with zero attached hydrogens (tertiary/aromatic N) is 1. The van der Waals surface area contributed by atoms with Crippen LogP contribution in [0.25, 0.3) is 0 Å². The lowest BCUT2D eigenvalue weighted by Gasteiger charge is -2.33. The molecule has 0 aromatic heterocycles. The van der Waals surface area contributed by atoms with Gasteiger partial charge in [-0.25, -0.2) is 0 Å². The van der Waals surface area contributed by atoms with Gasteiger partial charge in [-0.1, -0.05) is 0 Å². The Morgan fingerprint density at radius 1 is 1.25 bits per heavy atom. The summed E-state index contributed by atoms with van der Waals surface area (Å²) < 4.78 is 0. The van der Waals surface area contributed by atoms with Crippen molar-refractivity contribution in [3.63, 3.8) is 0 Å². The zero-order valence-electron chi connectivity index (χ0n) is 9.95. The van der Waals surface area contributed by atoms with Gasteiger partial charge in [-0.15, -0.1) is 0 Å². The van der Waals surface area contributed by atoms with Crippen LogP contribution in [-0.2, 0) is 4.79 Å². The molecule has 1 aliphatic carbocycles.